The second-order valence-corrected chi connectivity index (χ2v) is 7.29. The Morgan fingerprint density at radius 2 is 2.11 bits per heavy atom. The molecule has 1 aromatic carbocycles. The quantitative estimate of drug-likeness (QED) is 0.677. The average molecular weight is 386 g/mol. The fraction of sp³-hybridized carbons (Fsp3) is 0.368. The minimum absolute atomic E-state index is 0.0286. The van der Waals surface area contributed by atoms with Gasteiger partial charge in [-0.15, -0.1) is 11.3 Å². The summed E-state index contributed by atoms with van der Waals surface area (Å²) in [4.78, 5) is 23.4. The first-order valence-corrected chi connectivity index (χ1v) is 9.91. The van der Waals surface area contributed by atoms with Crippen LogP contribution in [0.25, 0.3) is 11.5 Å². The molecule has 1 fully saturated rings. The van der Waals surface area contributed by atoms with Crippen LogP contribution < -0.4 is 0 Å². The molecule has 27 heavy (non-hydrogen) atoms. The number of rotatable bonds is 4. The van der Waals surface area contributed by atoms with E-state index >= 15 is 0 Å². The van der Waals surface area contributed by atoms with Gasteiger partial charge in [-0.2, -0.15) is 4.98 Å². The highest BCUT2D eigenvalue weighted by Crippen LogP contribution is 2.30. The van der Waals surface area contributed by atoms with Crippen LogP contribution in [0.3, 0.4) is 0 Å². The third kappa shape index (κ3) is 4.05. The summed E-state index contributed by atoms with van der Waals surface area (Å²) in [5.41, 5.74) is 3.17. The Morgan fingerprint density at radius 1 is 1.26 bits per heavy atom. The van der Waals surface area contributed by atoms with E-state index in [4.69, 9.17) is 4.52 Å². The molecule has 3 heterocycles. The predicted octanol–water partition coefficient (Wildman–Crippen LogP) is 4.02. The zero-order valence-electron chi connectivity index (χ0n) is 14.7. The number of hydrogen-bond donors (Lipinski definition) is 0. The summed E-state index contributed by atoms with van der Waals surface area (Å²) >= 11 is 1.48. The summed E-state index contributed by atoms with van der Waals surface area (Å²) in [6, 6.07) is 5.70. The second-order valence-electron chi connectivity index (χ2n) is 6.57. The molecule has 0 N–H and O–H groups in total. The average Bonchev–Trinajstić information content (AvgIpc) is 3.30. The number of benzene rings is 1. The molecule has 1 saturated heterocycles. The molecule has 0 bridgehead atoms. The van der Waals surface area contributed by atoms with Crippen LogP contribution in [-0.4, -0.2) is 32.5 Å². The molecule has 1 aliphatic rings. The van der Waals surface area contributed by atoms with E-state index in [0.29, 0.717) is 23.8 Å². The lowest BCUT2D eigenvalue weighted by atomic mass is 10.1. The minimum atomic E-state index is -0.318. The summed E-state index contributed by atoms with van der Waals surface area (Å²) in [6.07, 6.45) is 4.11. The number of carbonyl (C=O) groups is 1. The number of hydrogen-bond acceptors (Lipinski definition) is 6. The molecule has 1 aliphatic heterocycles. The van der Waals surface area contributed by atoms with Crippen LogP contribution in [0.1, 0.15) is 43.2 Å². The van der Waals surface area contributed by atoms with Gasteiger partial charge < -0.3 is 9.42 Å². The molecular weight excluding hydrogens is 367 g/mol. The fourth-order valence-corrected chi connectivity index (χ4v) is 3.89. The van der Waals surface area contributed by atoms with E-state index in [9.17, 15) is 9.18 Å². The van der Waals surface area contributed by atoms with Crippen LogP contribution in [-0.2, 0) is 11.2 Å². The summed E-state index contributed by atoms with van der Waals surface area (Å²) in [6.45, 7) is 0.675. The number of carbonyl (C=O) groups excluding carboxylic acids is 1. The van der Waals surface area contributed by atoms with Crippen molar-refractivity contribution in [3.05, 3.63) is 52.5 Å². The second kappa shape index (κ2) is 7.96. The van der Waals surface area contributed by atoms with Gasteiger partial charge in [0.15, 0.2) is 5.82 Å². The highest BCUT2D eigenvalue weighted by atomic mass is 32.1. The van der Waals surface area contributed by atoms with Gasteiger partial charge in [0.1, 0.15) is 5.82 Å². The molecule has 4 rings (SSSR count). The normalized spacial score (nSPS) is 17.7. The first kappa shape index (κ1) is 17.8. The highest BCUT2D eigenvalue weighted by molar-refractivity contribution is 7.07. The van der Waals surface area contributed by atoms with Crippen LogP contribution in [0, 0.1) is 5.82 Å². The smallest absolute Gasteiger partial charge is 0.258 e. The molecule has 1 amide bonds. The van der Waals surface area contributed by atoms with Gasteiger partial charge >= 0.3 is 0 Å². The van der Waals surface area contributed by atoms with Crippen molar-refractivity contribution >= 4 is 17.2 Å². The molecule has 0 radical (unpaired) electrons. The molecule has 0 spiro atoms. The topological polar surface area (TPSA) is 72.1 Å². The molecule has 8 heteroatoms. The number of halogens is 1. The van der Waals surface area contributed by atoms with E-state index in [1.165, 1.54) is 23.5 Å². The van der Waals surface area contributed by atoms with Crippen molar-refractivity contribution in [3.63, 3.8) is 0 Å². The van der Waals surface area contributed by atoms with Crippen LogP contribution >= 0.6 is 11.3 Å². The van der Waals surface area contributed by atoms with Gasteiger partial charge in [0.2, 0.25) is 5.91 Å². The Morgan fingerprint density at radius 3 is 2.89 bits per heavy atom. The molecule has 1 unspecified atom stereocenters. The van der Waals surface area contributed by atoms with Gasteiger partial charge in [0.25, 0.3) is 5.89 Å². The lowest BCUT2D eigenvalue weighted by molar-refractivity contribution is -0.133. The Balaban J connectivity index is 1.57. The zero-order chi connectivity index (χ0) is 18.6. The number of likely N-dealkylation sites (tertiary alicyclic amines) is 1. The molecule has 2 aromatic heterocycles. The van der Waals surface area contributed by atoms with E-state index in [0.717, 1.165) is 31.4 Å². The van der Waals surface area contributed by atoms with Crippen molar-refractivity contribution in [2.45, 2.75) is 38.1 Å². The Bertz CT molecular complexity index is 895. The highest BCUT2D eigenvalue weighted by Gasteiger charge is 2.30. The van der Waals surface area contributed by atoms with Crippen molar-refractivity contribution in [2.24, 2.45) is 0 Å². The fourth-order valence-electron chi connectivity index (χ4n) is 3.34. The predicted molar refractivity (Wildman–Crippen MR) is 98.4 cm³/mol. The summed E-state index contributed by atoms with van der Waals surface area (Å²) in [5.74, 6) is 0.547. The monoisotopic (exact) mass is 386 g/mol. The van der Waals surface area contributed by atoms with Crippen molar-refractivity contribution in [1.29, 1.82) is 0 Å². The van der Waals surface area contributed by atoms with Crippen LogP contribution in [0.15, 0.2) is 39.7 Å². The third-order valence-electron chi connectivity index (χ3n) is 4.72. The van der Waals surface area contributed by atoms with Gasteiger partial charge in [-0.05, 0) is 37.1 Å². The Labute approximate surface area is 160 Å². The van der Waals surface area contributed by atoms with E-state index in [1.807, 2.05) is 10.3 Å². The summed E-state index contributed by atoms with van der Waals surface area (Å²) in [5, 5.41) is 6.02. The molecule has 3 aromatic rings. The maximum absolute atomic E-state index is 13.1. The van der Waals surface area contributed by atoms with E-state index in [-0.39, 0.29) is 24.2 Å². The minimum Gasteiger partial charge on any atom is -0.334 e. The van der Waals surface area contributed by atoms with Gasteiger partial charge in [0, 0.05) is 17.5 Å². The number of thiazole rings is 1. The first-order valence-electron chi connectivity index (χ1n) is 8.97. The van der Waals surface area contributed by atoms with Crippen LogP contribution in [0.4, 0.5) is 4.39 Å². The Kier molecular flexibility index (Phi) is 5.24. The number of aromatic nitrogens is 3. The molecule has 140 valence electrons. The van der Waals surface area contributed by atoms with Gasteiger partial charge in [0.05, 0.1) is 23.7 Å². The molecule has 6 nitrogen and oxygen atoms in total. The van der Waals surface area contributed by atoms with Crippen molar-refractivity contribution in [3.8, 4) is 11.5 Å². The first-order chi connectivity index (χ1) is 13.2. The zero-order valence-corrected chi connectivity index (χ0v) is 15.5. The summed E-state index contributed by atoms with van der Waals surface area (Å²) in [7, 11) is 0. The molecule has 0 saturated carbocycles. The van der Waals surface area contributed by atoms with E-state index in [2.05, 4.69) is 15.1 Å². The SMILES string of the molecule is O=C(Cc1cscn1)N1CCCCCC1c1noc(-c2ccc(F)cc2)n1. The van der Waals surface area contributed by atoms with Gasteiger partial charge in [-0.25, -0.2) is 9.37 Å². The number of nitrogens with zero attached hydrogens (tertiary/aromatic N) is 4. The van der Waals surface area contributed by atoms with Crippen LogP contribution in [0.5, 0.6) is 0 Å². The number of amides is 1. The van der Waals surface area contributed by atoms with E-state index < -0.39 is 0 Å². The van der Waals surface area contributed by atoms with E-state index in [1.54, 1.807) is 17.6 Å². The lowest BCUT2D eigenvalue weighted by Gasteiger charge is -2.27. The molecule has 0 aliphatic carbocycles. The summed E-state index contributed by atoms with van der Waals surface area (Å²) < 4.78 is 18.5. The molecule has 1 atom stereocenters. The third-order valence-corrected chi connectivity index (χ3v) is 5.36. The standard InChI is InChI=1S/C19H19FN4O2S/c20-14-7-5-13(6-8-14)19-22-18(23-26-19)16-4-2-1-3-9-24(16)17(25)10-15-11-27-12-21-15/h5-8,11-12,16H,1-4,9-10H2. The lowest BCUT2D eigenvalue weighted by Crippen LogP contribution is -2.36. The van der Waals surface area contributed by atoms with Crippen molar-refractivity contribution in [1.82, 2.24) is 20.0 Å². The van der Waals surface area contributed by atoms with Gasteiger partial charge in [-0.3, -0.25) is 4.79 Å². The maximum Gasteiger partial charge on any atom is 0.258 e. The molecular formula is C19H19FN4O2S. The van der Waals surface area contributed by atoms with Crippen molar-refractivity contribution in [2.75, 3.05) is 6.54 Å². The largest absolute Gasteiger partial charge is 0.334 e. The van der Waals surface area contributed by atoms with Crippen LogP contribution in [0.2, 0.25) is 0 Å². The maximum atomic E-state index is 13.1. The Hall–Kier alpha value is -2.61. The van der Waals surface area contributed by atoms with Gasteiger partial charge in [-0.1, -0.05) is 18.0 Å². The van der Waals surface area contributed by atoms with Crippen molar-refractivity contribution < 1.29 is 13.7 Å².